The smallest absolute Gasteiger partial charge is 0.305 e. The number of fused-ring (bicyclic) bond motifs is 1. The minimum absolute atomic E-state index is 0.0684. The van der Waals surface area contributed by atoms with E-state index in [-0.39, 0.29) is 17.9 Å². The van der Waals surface area contributed by atoms with Gasteiger partial charge in [0.15, 0.2) is 0 Å². The first-order valence-corrected chi connectivity index (χ1v) is 13.9. The number of rotatable bonds is 19. The molecule has 2 aromatic rings. The molecule has 6 nitrogen and oxygen atoms in total. The predicted molar refractivity (Wildman–Crippen MR) is 149 cm³/mol. The summed E-state index contributed by atoms with van der Waals surface area (Å²) in [5.41, 5.74) is 8.47. The van der Waals surface area contributed by atoms with Crippen LogP contribution in [-0.2, 0) is 20.7 Å². The second-order valence-electron chi connectivity index (χ2n) is 9.81. The maximum absolute atomic E-state index is 12.9. The Kier molecular flexibility index (Phi) is 14.6. The number of hydrogen-bond acceptors (Lipinski definition) is 4. The van der Waals surface area contributed by atoms with Crippen LogP contribution in [0.2, 0.25) is 0 Å². The number of H-pyrrole nitrogens is 1. The highest BCUT2D eigenvalue weighted by molar-refractivity contribution is 5.86. The van der Waals surface area contributed by atoms with Crippen molar-refractivity contribution in [2.45, 2.75) is 109 Å². The van der Waals surface area contributed by atoms with Crippen LogP contribution in [0.15, 0.2) is 42.6 Å². The van der Waals surface area contributed by atoms with E-state index in [1.165, 1.54) is 32.8 Å². The minimum Gasteiger partial charge on any atom is -0.469 e. The Morgan fingerprint density at radius 3 is 2.58 bits per heavy atom. The summed E-state index contributed by atoms with van der Waals surface area (Å²) in [6.07, 6.45) is 20.5. The molecule has 0 aliphatic carbocycles. The molecule has 0 saturated carbocycles. The van der Waals surface area contributed by atoms with Crippen LogP contribution in [-0.4, -0.2) is 36.1 Å². The number of aromatic amines is 1. The normalized spacial score (nSPS) is 13.2. The number of benzene rings is 1. The van der Waals surface area contributed by atoms with Gasteiger partial charge in [-0.15, -0.1) is 0 Å². The molecule has 1 aromatic carbocycles. The van der Waals surface area contributed by atoms with Gasteiger partial charge in [-0.25, -0.2) is 0 Å². The molecule has 2 rings (SSSR count). The van der Waals surface area contributed by atoms with Crippen LogP contribution < -0.4 is 11.1 Å². The van der Waals surface area contributed by atoms with Crippen LogP contribution in [0.3, 0.4) is 0 Å². The molecule has 0 aliphatic rings. The number of nitrogens with one attached hydrogen (secondary N) is 2. The van der Waals surface area contributed by atoms with Crippen molar-refractivity contribution in [2.75, 3.05) is 7.11 Å². The number of aromatic nitrogens is 1. The van der Waals surface area contributed by atoms with Crippen LogP contribution in [0.4, 0.5) is 0 Å². The van der Waals surface area contributed by atoms with Gasteiger partial charge in [-0.1, -0.05) is 82.2 Å². The quantitative estimate of drug-likeness (QED) is 0.120. The molecule has 1 aromatic heterocycles. The second-order valence-corrected chi connectivity index (χ2v) is 9.81. The van der Waals surface area contributed by atoms with E-state index in [1.54, 1.807) is 0 Å². The third-order valence-electron chi connectivity index (χ3n) is 6.77. The summed E-state index contributed by atoms with van der Waals surface area (Å²) >= 11 is 0. The van der Waals surface area contributed by atoms with E-state index in [0.29, 0.717) is 12.8 Å². The number of allylic oxidation sites excluding steroid dienone is 1. The fourth-order valence-corrected chi connectivity index (χ4v) is 4.55. The molecule has 0 aliphatic heterocycles. The topological polar surface area (TPSA) is 97.2 Å². The predicted octanol–water partition coefficient (Wildman–Crippen LogP) is 6.34. The maximum atomic E-state index is 12.9. The highest BCUT2D eigenvalue weighted by Gasteiger charge is 2.19. The van der Waals surface area contributed by atoms with Gasteiger partial charge in [-0.05, 0) is 50.2 Å². The summed E-state index contributed by atoms with van der Waals surface area (Å²) in [5.74, 6) is -0.186. The first kappa shape index (κ1) is 29.6. The van der Waals surface area contributed by atoms with Crippen LogP contribution in [0.25, 0.3) is 10.9 Å². The largest absolute Gasteiger partial charge is 0.469 e. The number of unbranched alkanes of at least 4 members (excludes halogenated alkanes) is 8. The zero-order chi connectivity index (χ0) is 26.0. The molecule has 1 heterocycles. The molecule has 200 valence electrons. The molecule has 0 radical (unpaired) electrons. The van der Waals surface area contributed by atoms with Crippen molar-refractivity contribution < 1.29 is 14.3 Å². The molecule has 0 fully saturated rings. The Balaban J connectivity index is 1.74. The number of carbonyl (C=O) groups excluding carboxylic acids is 2. The van der Waals surface area contributed by atoms with Gasteiger partial charge in [0.05, 0.1) is 13.2 Å². The van der Waals surface area contributed by atoms with Gasteiger partial charge in [-0.2, -0.15) is 0 Å². The number of methoxy groups -OCH3 is 1. The standard InChI is InChI=1S/C30H47N3O3/c1-3-4-5-12-17-25(18-13-10-8-6-7-9-11-14-21-29(34)36-2)33-30(35)27(31)22-24-23-32-28-20-16-15-19-26(24)28/h10,13,15-16,19-20,23,25,27,32H,3-9,11-12,14,17-18,21-22,31H2,1-2H3,(H,33,35)/b13-10-/t25?,27-/m0/s1. The molecule has 0 saturated heterocycles. The minimum atomic E-state index is -0.564. The summed E-state index contributed by atoms with van der Waals surface area (Å²) in [5, 5.41) is 4.36. The second kappa shape index (κ2) is 17.8. The molecular weight excluding hydrogens is 450 g/mol. The Labute approximate surface area is 217 Å². The van der Waals surface area contributed by atoms with Crippen LogP contribution in [0.1, 0.15) is 96.0 Å². The molecule has 1 amide bonds. The molecule has 0 spiro atoms. The number of amides is 1. The number of esters is 1. The highest BCUT2D eigenvalue weighted by atomic mass is 16.5. The average molecular weight is 498 g/mol. The van der Waals surface area contributed by atoms with Crippen molar-refractivity contribution in [3.05, 3.63) is 48.2 Å². The first-order valence-electron chi connectivity index (χ1n) is 13.9. The molecule has 6 heteroatoms. The Bertz CT molecular complexity index is 921. The lowest BCUT2D eigenvalue weighted by Gasteiger charge is -2.20. The van der Waals surface area contributed by atoms with Crippen molar-refractivity contribution in [3.63, 3.8) is 0 Å². The van der Waals surface area contributed by atoms with Gasteiger partial charge in [0.2, 0.25) is 5.91 Å². The van der Waals surface area contributed by atoms with Crippen molar-refractivity contribution in [1.29, 1.82) is 0 Å². The van der Waals surface area contributed by atoms with E-state index < -0.39 is 6.04 Å². The summed E-state index contributed by atoms with van der Waals surface area (Å²) in [7, 11) is 1.44. The van der Waals surface area contributed by atoms with Gasteiger partial charge in [0, 0.05) is 29.6 Å². The lowest BCUT2D eigenvalue weighted by molar-refractivity contribution is -0.140. The fourth-order valence-electron chi connectivity index (χ4n) is 4.55. The third kappa shape index (κ3) is 11.4. The average Bonchev–Trinajstić information content (AvgIpc) is 3.29. The van der Waals surface area contributed by atoms with Crippen molar-refractivity contribution in [3.8, 4) is 0 Å². The highest BCUT2D eigenvalue weighted by Crippen LogP contribution is 2.19. The van der Waals surface area contributed by atoms with E-state index in [4.69, 9.17) is 5.73 Å². The third-order valence-corrected chi connectivity index (χ3v) is 6.77. The Morgan fingerprint density at radius 2 is 1.78 bits per heavy atom. The summed E-state index contributed by atoms with van der Waals surface area (Å²) in [6.45, 7) is 2.21. The lowest BCUT2D eigenvalue weighted by Crippen LogP contribution is -2.46. The molecule has 0 bridgehead atoms. The summed E-state index contributed by atoms with van der Waals surface area (Å²) in [4.78, 5) is 27.3. The molecule has 1 unspecified atom stereocenters. The number of nitrogens with two attached hydrogens (primary N) is 1. The first-order chi connectivity index (χ1) is 17.5. The Hall–Kier alpha value is -2.60. The number of carbonyl (C=O) groups is 2. The maximum Gasteiger partial charge on any atom is 0.305 e. The molecule has 36 heavy (non-hydrogen) atoms. The fraction of sp³-hybridized carbons (Fsp3) is 0.600. The van der Waals surface area contributed by atoms with E-state index in [9.17, 15) is 9.59 Å². The van der Waals surface area contributed by atoms with Crippen LogP contribution in [0.5, 0.6) is 0 Å². The van der Waals surface area contributed by atoms with Gasteiger partial charge >= 0.3 is 5.97 Å². The van der Waals surface area contributed by atoms with Gasteiger partial charge in [-0.3, -0.25) is 9.59 Å². The SMILES string of the molecule is CCCCCCC(C/C=C\CCCCCCCC(=O)OC)NC(=O)[C@@H](N)Cc1c[nH]c2ccccc12. The molecule has 4 N–H and O–H groups in total. The number of hydrogen-bond donors (Lipinski definition) is 3. The summed E-state index contributed by atoms with van der Waals surface area (Å²) in [6, 6.07) is 7.67. The van der Waals surface area contributed by atoms with E-state index in [2.05, 4.69) is 40.2 Å². The van der Waals surface area contributed by atoms with Crippen molar-refractivity contribution >= 4 is 22.8 Å². The van der Waals surface area contributed by atoms with Gasteiger partial charge in [0.1, 0.15) is 0 Å². The monoisotopic (exact) mass is 497 g/mol. The summed E-state index contributed by atoms with van der Waals surface area (Å²) < 4.78 is 4.67. The zero-order valence-corrected chi connectivity index (χ0v) is 22.4. The molecule has 2 atom stereocenters. The van der Waals surface area contributed by atoms with Gasteiger partial charge < -0.3 is 20.8 Å². The molecular formula is C30H47N3O3. The Morgan fingerprint density at radius 1 is 1.03 bits per heavy atom. The number of para-hydroxylation sites is 1. The van der Waals surface area contributed by atoms with E-state index >= 15 is 0 Å². The van der Waals surface area contributed by atoms with Gasteiger partial charge in [0.25, 0.3) is 0 Å². The number of ether oxygens (including phenoxy) is 1. The van der Waals surface area contributed by atoms with Crippen molar-refractivity contribution in [2.24, 2.45) is 5.73 Å². The van der Waals surface area contributed by atoms with Crippen molar-refractivity contribution in [1.82, 2.24) is 10.3 Å². The zero-order valence-electron chi connectivity index (χ0n) is 22.4. The van der Waals surface area contributed by atoms with E-state index in [1.807, 2.05) is 24.4 Å². The lowest BCUT2D eigenvalue weighted by atomic mass is 10.0. The van der Waals surface area contributed by atoms with Crippen LogP contribution in [0, 0.1) is 0 Å². The van der Waals surface area contributed by atoms with E-state index in [0.717, 1.165) is 67.8 Å². The van der Waals surface area contributed by atoms with Crippen LogP contribution >= 0.6 is 0 Å².